The molecular weight excluding hydrogens is 299 g/mol. The van der Waals surface area contributed by atoms with E-state index in [4.69, 9.17) is 4.74 Å². The average Bonchev–Trinajstić information content (AvgIpc) is 2.54. The van der Waals surface area contributed by atoms with Crippen molar-refractivity contribution in [2.24, 2.45) is 5.92 Å². The summed E-state index contributed by atoms with van der Waals surface area (Å²) in [7, 11) is 0. The molecule has 2 unspecified atom stereocenters. The molecule has 23 heavy (non-hydrogen) atoms. The van der Waals surface area contributed by atoms with Gasteiger partial charge in [0.25, 0.3) is 5.91 Å². The van der Waals surface area contributed by atoms with Crippen LogP contribution in [0.5, 0.6) is 0 Å². The maximum absolute atomic E-state index is 13.0. The molecule has 0 spiro atoms. The lowest BCUT2D eigenvalue weighted by molar-refractivity contribution is -0.147. The summed E-state index contributed by atoms with van der Waals surface area (Å²) in [6.07, 6.45) is -1.36. The van der Waals surface area contributed by atoms with Gasteiger partial charge in [0.05, 0.1) is 19.3 Å². The van der Waals surface area contributed by atoms with Gasteiger partial charge in [-0.3, -0.25) is 4.79 Å². The number of ether oxygens (including phenoxy) is 1. The lowest BCUT2D eigenvalue weighted by Crippen LogP contribution is -2.51. The number of benzene rings is 1. The van der Waals surface area contributed by atoms with Gasteiger partial charge in [-0.25, -0.2) is 4.39 Å². The van der Waals surface area contributed by atoms with Crippen molar-refractivity contribution in [1.29, 1.82) is 0 Å². The largest absolute Gasteiger partial charge is 0.387 e. The number of hydrogen-bond acceptors (Lipinski definition) is 4. The number of nitrogens with one attached hydrogen (secondary N) is 1. The van der Waals surface area contributed by atoms with Crippen molar-refractivity contribution in [1.82, 2.24) is 10.2 Å². The summed E-state index contributed by atoms with van der Waals surface area (Å²) in [5.41, 5.74) is 0.593. The van der Waals surface area contributed by atoms with Crippen molar-refractivity contribution in [3.05, 3.63) is 35.6 Å². The van der Waals surface area contributed by atoms with E-state index < -0.39 is 12.2 Å². The van der Waals surface area contributed by atoms with Crippen molar-refractivity contribution >= 4 is 5.91 Å². The molecular formula is C17H25FN2O3. The first-order chi connectivity index (χ1) is 11.0. The molecule has 0 radical (unpaired) electrons. The third kappa shape index (κ3) is 5.27. The van der Waals surface area contributed by atoms with Crippen LogP contribution in [-0.2, 0) is 9.53 Å². The second kappa shape index (κ2) is 8.38. The minimum absolute atomic E-state index is 0.118. The number of halogens is 1. The molecule has 0 bridgehead atoms. The van der Waals surface area contributed by atoms with Gasteiger partial charge in [-0.15, -0.1) is 0 Å². The van der Waals surface area contributed by atoms with Gasteiger partial charge in [0.1, 0.15) is 11.9 Å². The summed E-state index contributed by atoms with van der Waals surface area (Å²) in [5.74, 6) is -0.194. The third-order valence-corrected chi connectivity index (χ3v) is 3.75. The minimum Gasteiger partial charge on any atom is -0.387 e. The molecule has 2 N–H and O–H groups in total. The molecule has 1 amide bonds. The topological polar surface area (TPSA) is 61.8 Å². The Morgan fingerprint density at radius 1 is 1.39 bits per heavy atom. The number of carbonyl (C=O) groups is 1. The van der Waals surface area contributed by atoms with E-state index in [0.717, 1.165) is 6.54 Å². The molecule has 6 heteroatoms. The number of aliphatic hydroxyl groups is 1. The van der Waals surface area contributed by atoms with Crippen LogP contribution >= 0.6 is 0 Å². The summed E-state index contributed by atoms with van der Waals surface area (Å²) in [6.45, 7) is 6.48. The lowest BCUT2D eigenvalue weighted by Gasteiger charge is -2.32. The fraction of sp³-hybridized carbons (Fsp3) is 0.588. The number of nitrogens with zero attached hydrogens (tertiary/aromatic N) is 1. The van der Waals surface area contributed by atoms with Crippen LogP contribution in [-0.4, -0.2) is 54.8 Å². The Labute approximate surface area is 136 Å². The van der Waals surface area contributed by atoms with Crippen LogP contribution in [0.4, 0.5) is 4.39 Å². The van der Waals surface area contributed by atoms with Crippen molar-refractivity contribution in [2.45, 2.75) is 26.1 Å². The molecule has 1 aromatic carbocycles. The molecule has 1 heterocycles. The third-order valence-electron chi connectivity index (χ3n) is 3.75. The van der Waals surface area contributed by atoms with Gasteiger partial charge in [0, 0.05) is 19.6 Å². The predicted octanol–water partition coefficient (Wildman–Crippen LogP) is 1.33. The highest BCUT2D eigenvalue weighted by molar-refractivity contribution is 5.81. The molecule has 0 saturated carbocycles. The normalized spacial score (nSPS) is 19.6. The first kappa shape index (κ1) is 17.8. The van der Waals surface area contributed by atoms with Crippen LogP contribution in [0.3, 0.4) is 0 Å². The molecule has 1 aromatic rings. The highest BCUT2D eigenvalue weighted by Gasteiger charge is 2.28. The van der Waals surface area contributed by atoms with Crippen LogP contribution in [0, 0.1) is 11.7 Å². The molecule has 2 rings (SSSR count). The smallest absolute Gasteiger partial charge is 0.253 e. The van der Waals surface area contributed by atoms with Crippen LogP contribution in [0.2, 0.25) is 0 Å². The van der Waals surface area contributed by atoms with Crippen molar-refractivity contribution < 1.29 is 19.0 Å². The zero-order chi connectivity index (χ0) is 16.8. The number of rotatable bonds is 6. The van der Waals surface area contributed by atoms with E-state index in [-0.39, 0.29) is 24.2 Å². The van der Waals surface area contributed by atoms with Gasteiger partial charge >= 0.3 is 0 Å². The monoisotopic (exact) mass is 324 g/mol. The summed E-state index contributed by atoms with van der Waals surface area (Å²) in [4.78, 5) is 14.3. The van der Waals surface area contributed by atoms with E-state index >= 15 is 0 Å². The Balaban J connectivity index is 2.04. The number of morpholine rings is 1. The Kier molecular flexibility index (Phi) is 6.50. The van der Waals surface area contributed by atoms with Crippen LogP contribution in [0.1, 0.15) is 25.5 Å². The predicted molar refractivity (Wildman–Crippen MR) is 85.4 cm³/mol. The average molecular weight is 324 g/mol. The Hall–Kier alpha value is -1.50. The van der Waals surface area contributed by atoms with Crippen LogP contribution < -0.4 is 5.32 Å². The number of carbonyl (C=O) groups excluding carboxylic acids is 1. The Morgan fingerprint density at radius 2 is 2.09 bits per heavy atom. The van der Waals surface area contributed by atoms with Crippen LogP contribution in [0.25, 0.3) is 0 Å². The maximum Gasteiger partial charge on any atom is 0.253 e. The number of hydrogen-bond donors (Lipinski definition) is 2. The van der Waals surface area contributed by atoms with Gasteiger partial charge in [-0.05, 0) is 23.6 Å². The fourth-order valence-electron chi connectivity index (χ4n) is 2.62. The molecule has 2 atom stereocenters. The number of aliphatic hydroxyl groups excluding tert-OH is 1. The van der Waals surface area contributed by atoms with E-state index in [9.17, 15) is 14.3 Å². The molecule has 1 saturated heterocycles. The highest BCUT2D eigenvalue weighted by atomic mass is 19.1. The van der Waals surface area contributed by atoms with Gasteiger partial charge in [-0.1, -0.05) is 26.0 Å². The van der Waals surface area contributed by atoms with E-state index in [1.54, 1.807) is 4.90 Å². The zero-order valence-corrected chi connectivity index (χ0v) is 13.7. The number of amides is 1. The summed E-state index contributed by atoms with van der Waals surface area (Å²) in [5, 5.41) is 13.5. The lowest BCUT2D eigenvalue weighted by atomic mass is 10.1. The van der Waals surface area contributed by atoms with Crippen molar-refractivity contribution in [3.63, 3.8) is 0 Å². The first-order valence-corrected chi connectivity index (χ1v) is 8.02. The van der Waals surface area contributed by atoms with Gasteiger partial charge in [0.2, 0.25) is 0 Å². The molecule has 1 fully saturated rings. The van der Waals surface area contributed by atoms with Crippen molar-refractivity contribution in [3.8, 4) is 0 Å². The SMILES string of the molecule is CC(C)CN(CC(O)c1ccc(F)cc1)C(=O)C1CNCCO1. The summed E-state index contributed by atoms with van der Waals surface area (Å²) in [6, 6.07) is 5.69. The van der Waals surface area contributed by atoms with Crippen molar-refractivity contribution in [2.75, 3.05) is 32.8 Å². The van der Waals surface area contributed by atoms with Gasteiger partial charge in [-0.2, -0.15) is 0 Å². The fourth-order valence-corrected chi connectivity index (χ4v) is 2.62. The quantitative estimate of drug-likeness (QED) is 0.829. The van der Waals surface area contributed by atoms with E-state index in [1.165, 1.54) is 24.3 Å². The maximum atomic E-state index is 13.0. The van der Waals surface area contributed by atoms with Gasteiger partial charge in [0.15, 0.2) is 0 Å². The molecule has 128 valence electrons. The van der Waals surface area contributed by atoms with Crippen LogP contribution in [0.15, 0.2) is 24.3 Å². The Morgan fingerprint density at radius 3 is 2.65 bits per heavy atom. The zero-order valence-electron chi connectivity index (χ0n) is 13.7. The summed E-state index contributed by atoms with van der Waals surface area (Å²) < 4.78 is 18.5. The molecule has 0 aliphatic carbocycles. The first-order valence-electron chi connectivity index (χ1n) is 8.02. The summed E-state index contributed by atoms with van der Waals surface area (Å²) >= 11 is 0. The molecule has 5 nitrogen and oxygen atoms in total. The standard InChI is InChI=1S/C17H25FN2O3/c1-12(2)10-20(17(22)16-9-19-7-8-23-16)11-15(21)13-3-5-14(18)6-4-13/h3-6,12,15-16,19,21H,7-11H2,1-2H3. The van der Waals surface area contributed by atoms with E-state index in [2.05, 4.69) is 5.32 Å². The second-order valence-corrected chi connectivity index (χ2v) is 6.27. The molecule has 0 aromatic heterocycles. The minimum atomic E-state index is -0.852. The van der Waals surface area contributed by atoms with E-state index in [1.807, 2.05) is 13.8 Å². The van der Waals surface area contributed by atoms with E-state index in [0.29, 0.717) is 25.3 Å². The second-order valence-electron chi connectivity index (χ2n) is 6.27. The Bertz CT molecular complexity index is 501. The van der Waals surface area contributed by atoms with Gasteiger partial charge < -0.3 is 20.1 Å². The highest BCUT2D eigenvalue weighted by Crippen LogP contribution is 2.17. The molecule has 1 aliphatic rings. The molecule has 1 aliphatic heterocycles.